The van der Waals surface area contributed by atoms with Gasteiger partial charge in [-0.1, -0.05) is 25.1 Å². The summed E-state index contributed by atoms with van der Waals surface area (Å²) in [5.41, 5.74) is 0.982. The standard InChI is InChI=1S/C18H28O5/c1-4-6-17(23-15(5-2)11-19)18(12-20)22-13-14-7-9-16(21-3)10-8-14/h4,7-10,15,17-20H,1,5-6,11-13H2,2-3H3/t15-,17-,18-/m1/s1. The molecule has 0 spiro atoms. The van der Waals surface area contributed by atoms with E-state index in [0.29, 0.717) is 19.4 Å². The van der Waals surface area contributed by atoms with Crippen molar-refractivity contribution in [3.05, 3.63) is 42.5 Å². The quantitative estimate of drug-likeness (QED) is 0.578. The fourth-order valence-electron chi connectivity index (χ4n) is 2.18. The molecule has 0 amide bonds. The van der Waals surface area contributed by atoms with Crippen molar-refractivity contribution in [2.75, 3.05) is 20.3 Å². The second-order valence-corrected chi connectivity index (χ2v) is 5.29. The molecule has 0 radical (unpaired) electrons. The summed E-state index contributed by atoms with van der Waals surface area (Å²) in [6.45, 7) is 5.81. The average molecular weight is 324 g/mol. The summed E-state index contributed by atoms with van der Waals surface area (Å²) in [6.07, 6.45) is 1.89. The lowest BCUT2D eigenvalue weighted by atomic mass is 10.1. The number of aliphatic hydroxyl groups is 2. The molecule has 2 N–H and O–H groups in total. The van der Waals surface area contributed by atoms with Crippen LogP contribution in [-0.2, 0) is 16.1 Å². The molecule has 23 heavy (non-hydrogen) atoms. The highest BCUT2D eigenvalue weighted by Crippen LogP contribution is 2.17. The lowest BCUT2D eigenvalue weighted by molar-refractivity contribution is -0.129. The average Bonchev–Trinajstić information content (AvgIpc) is 2.60. The molecule has 0 fully saturated rings. The lowest BCUT2D eigenvalue weighted by Gasteiger charge is -2.28. The summed E-state index contributed by atoms with van der Waals surface area (Å²) in [5, 5.41) is 18.9. The Kier molecular flexibility index (Phi) is 9.55. The fraction of sp³-hybridized carbons (Fsp3) is 0.556. The molecule has 0 aromatic heterocycles. The van der Waals surface area contributed by atoms with E-state index in [2.05, 4.69) is 6.58 Å². The van der Waals surface area contributed by atoms with Crippen LogP contribution in [0, 0.1) is 0 Å². The van der Waals surface area contributed by atoms with Gasteiger partial charge in [-0.05, 0) is 30.5 Å². The largest absolute Gasteiger partial charge is 0.497 e. The molecule has 5 nitrogen and oxygen atoms in total. The molecule has 0 aliphatic heterocycles. The Balaban J connectivity index is 2.64. The zero-order valence-corrected chi connectivity index (χ0v) is 14.0. The van der Waals surface area contributed by atoms with E-state index in [-0.39, 0.29) is 25.4 Å². The van der Waals surface area contributed by atoms with Crippen LogP contribution in [0.2, 0.25) is 0 Å². The van der Waals surface area contributed by atoms with E-state index in [9.17, 15) is 10.2 Å². The van der Waals surface area contributed by atoms with Crippen molar-refractivity contribution in [1.29, 1.82) is 0 Å². The molecule has 5 heteroatoms. The highest BCUT2D eigenvalue weighted by Gasteiger charge is 2.24. The Morgan fingerprint density at radius 2 is 1.83 bits per heavy atom. The number of hydrogen-bond acceptors (Lipinski definition) is 5. The molecule has 3 atom stereocenters. The van der Waals surface area contributed by atoms with Gasteiger partial charge < -0.3 is 24.4 Å². The van der Waals surface area contributed by atoms with Gasteiger partial charge in [0.2, 0.25) is 0 Å². The molecule has 1 rings (SSSR count). The Morgan fingerprint density at radius 3 is 2.30 bits per heavy atom. The third-order valence-electron chi connectivity index (χ3n) is 3.64. The van der Waals surface area contributed by atoms with Gasteiger partial charge >= 0.3 is 0 Å². The van der Waals surface area contributed by atoms with Crippen LogP contribution < -0.4 is 4.74 Å². The van der Waals surface area contributed by atoms with Crippen LogP contribution in [0.5, 0.6) is 5.75 Å². The Morgan fingerprint density at radius 1 is 1.13 bits per heavy atom. The van der Waals surface area contributed by atoms with Crippen LogP contribution in [0.4, 0.5) is 0 Å². The normalized spacial score (nSPS) is 15.0. The molecular formula is C18H28O5. The van der Waals surface area contributed by atoms with E-state index in [4.69, 9.17) is 14.2 Å². The van der Waals surface area contributed by atoms with Crippen LogP contribution in [0.1, 0.15) is 25.3 Å². The summed E-state index contributed by atoms with van der Waals surface area (Å²) < 4.78 is 16.8. The minimum Gasteiger partial charge on any atom is -0.497 e. The lowest BCUT2D eigenvalue weighted by Crippen LogP contribution is -2.38. The van der Waals surface area contributed by atoms with Crippen LogP contribution in [0.3, 0.4) is 0 Å². The van der Waals surface area contributed by atoms with Gasteiger partial charge in [0.25, 0.3) is 0 Å². The van der Waals surface area contributed by atoms with Gasteiger partial charge in [0.15, 0.2) is 0 Å². The minimum atomic E-state index is -0.476. The number of rotatable bonds is 12. The van der Waals surface area contributed by atoms with E-state index in [1.54, 1.807) is 13.2 Å². The summed E-state index contributed by atoms with van der Waals surface area (Å²) in [4.78, 5) is 0. The smallest absolute Gasteiger partial charge is 0.118 e. The maximum atomic E-state index is 9.62. The summed E-state index contributed by atoms with van der Waals surface area (Å²) in [7, 11) is 1.62. The molecule has 1 aromatic carbocycles. The van der Waals surface area contributed by atoms with Crippen LogP contribution >= 0.6 is 0 Å². The van der Waals surface area contributed by atoms with Crippen molar-refractivity contribution in [3.63, 3.8) is 0 Å². The van der Waals surface area contributed by atoms with Gasteiger partial charge in [0.05, 0.1) is 39.1 Å². The zero-order chi connectivity index (χ0) is 17.1. The van der Waals surface area contributed by atoms with Crippen molar-refractivity contribution >= 4 is 0 Å². The van der Waals surface area contributed by atoms with Gasteiger partial charge in [0.1, 0.15) is 11.9 Å². The van der Waals surface area contributed by atoms with Crippen LogP contribution in [-0.4, -0.2) is 48.8 Å². The molecule has 130 valence electrons. The third-order valence-corrected chi connectivity index (χ3v) is 3.64. The van der Waals surface area contributed by atoms with Crippen LogP contribution in [0.25, 0.3) is 0 Å². The van der Waals surface area contributed by atoms with E-state index in [1.165, 1.54) is 0 Å². The monoisotopic (exact) mass is 324 g/mol. The Labute approximate surface area is 138 Å². The minimum absolute atomic E-state index is 0.0548. The van der Waals surface area contributed by atoms with E-state index < -0.39 is 6.10 Å². The van der Waals surface area contributed by atoms with E-state index in [1.807, 2.05) is 31.2 Å². The molecule has 0 aliphatic carbocycles. The van der Waals surface area contributed by atoms with Gasteiger partial charge in [0, 0.05) is 0 Å². The molecule has 0 heterocycles. The number of benzene rings is 1. The SMILES string of the molecule is C=CC[C@@H](O[C@H](CC)CO)[C@@H](CO)OCc1ccc(OC)cc1. The van der Waals surface area contributed by atoms with Crippen molar-refractivity contribution in [2.24, 2.45) is 0 Å². The van der Waals surface area contributed by atoms with E-state index in [0.717, 1.165) is 11.3 Å². The summed E-state index contributed by atoms with van der Waals surface area (Å²) in [6, 6.07) is 7.56. The first-order valence-electron chi connectivity index (χ1n) is 7.91. The fourth-order valence-corrected chi connectivity index (χ4v) is 2.18. The molecule has 0 saturated carbocycles. The topological polar surface area (TPSA) is 68.2 Å². The van der Waals surface area contributed by atoms with E-state index >= 15 is 0 Å². The predicted octanol–water partition coefficient (Wildman–Crippen LogP) is 2.30. The van der Waals surface area contributed by atoms with Gasteiger partial charge in [-0.25, -0.2) is 0 Å². The molecule has 0 aliphatic rings. The molecule has 0 unspecified atom stereocenters. The molecule has 1 aromatic rings. The van der Waals surface area contributed by atoms with Gasteiger partial charge in [-0.3, -0.25) is 0 Å². The molecular weight excluding hydrogens is 296 g/mol. The molecule has 0 saturated heterocycles. The van der Waals surface area contributed by atoms with Gasteiger partial charge in [-0.15, -0.1) is 6.58 Å². The second-order valence-electron chi connectivity index (χ2n) is 5.29. The van der Waals surface area contributed by atoms with Crippen molar-refractivity contribution in [1.82, 2.24) is 0 Å². The number of methoxy groups -OCH3 is 1. The first-order valence-corrected chi connectivity index (χ1v) is 7.91. The Hall–Kier alpha value is -1.40. The zero-order valence-electron chi connectivity index (χ0n) is 14.0. The number of aliphatic hydroxyl groups excluding tert-OH is 2. The van der Waals surface area contributed by atoms with Crippen molar-refractivity contribution in [2.45, 2.75) is 44.7 Å². The van der Waals surface area contributed by atoms with Gasteiger partial charge in [-0.2, -0.15) is 0 Å². The van der Waals surface area contributed by atoms with Crippen molar-refractivity contribution < 1.29 is 24.4 Å². The van der Waals surface area contributed by atoms with Crippen molar-refractivity contribution in [3.8, 4) is 5.75 Å². The number of hydrogen-bond donors (Lipinski definition) is 2. The first-order chi connectivity index (χ1) is 11.2. The Bertz CT molecular complexity index is 428. The predicted molar refractivity (Wildman–Crippen MR) is 89.5 cm³/mol. The first kappa shape index (κ1) is 19.6. The van der Waals surface area contributed by atoms with Crippen LogP contribution in [0.15, 0.2) is 36.9 Å². The highest BCUT2D eigenvalue weighted by atomic mass is 16.6. The maximum Gasteiger partial charge on any atom is 0.118 e. The highest BCUT2D eigenvalue weighted by molar-refractivity contribution is 5.26. The summed E-state index contributed by atoms with van der Waals surface area (Å²) >= 11 is 0. The maximum absolute atomic E-state index is 9.62. The second kappa shape index (κ2) is 11.2. The number of ether oxygens (including phenoxy) is 3. The molecule has 0 bridgehead atoms. The summed E-state index contributed by atoms with van der Waals surface area (Å²) in [5.74, 6) is 0.786. The third kappa shape index (κ3) is 6.71.